The maximum atomic E-state index is 13.7. The van der Waals surface area contributed by atoms with Crippen LogP contribution in [0.25, 0.3) is 11.3 Å². The van der Waals surface area contributed by atoms with Crippen LogP contribution in [0.3, 0.4) is 0 Å². The van der Waals surface area contributed by atoms with Crippen molar-refractivity contribution in [1.82, 2.24) is 15.0 Å². The molecule has 2 N–H and O–H groups in total. The fourth-order valence-electron chi connectivity index (χ4n) is 3.81. The Morgan fingerprint density at radius 2 is 2.07 bits per heavy atom. The molecule has 2 bridgehead atoms. The number of fused-ring (bicyclic) bond motifs is 2. The predicted octanol–water partition coefficient (Wildman–Crippen LogP) is 2.53. The summed E-state index contributed by atoms with van der Waals surface area (Å²) in [4.78, 5) is 15.1. The molecule has 7 nitrogen and oxygen atoms in total. The number of hydrogen-bond donors (Lipinski definition) is 1. The van der Waals surface area contributed by atoms with Gasteiger partial charge in [0, 0.05) is 24.4 Å². The highest BCUT2D eigenvalue weighted by molar-refractivity contribution is 5.67. The van der Waals surface area contributed by atoms with Crippen molar-refractivity contribution in [2.45, 2.75) is 43.7 Å². The Hall–Kier alpha value is -2.62. The minimum atomic E-state index is -3.02. The van der Waals surface area contributed by atoms with Gasteiger partial charge in [0.1, 0.15) is 17.8 Å². The quantitative estimate of drug-likeness (QED) is 0.835. The fraction of sp³-hybridized carbons (Fsp3) is 0.500. The van der Waals surface area contributed by atoms with E-state index in [1.165, 1.54) is 12.3 Å². The smallest absolute Gasteiger partial charge is 0.387 e. The average Bonchev–Trinajstić information content (AvgIpc) is 3.07. The second kappa shape index (κ2) is 6.47. The second-order valence-corrected chi connectivity index (χ2v) is 7.31. The lowest BCUT2D eigenvalue weighted by Gasteiger charge is -2.28. The van der Waals surface area contributed by atoms with E-state index >= 15 is 0 Å². The summed E-state index contributed by atoms with van der Waals surface area (Å²) in [6.07, 6.45) is 1.97. The normalized spacial score (nSPS) is 28.2. The number of hydrogen-bond acceptors (Lipinski definition) is 7. The number of aromatic nitrogens is 3. The van der Waals surface area contributed by atoms with E-state index in [4.69, 9.17) is 10.5 Å². The molecule has 0 amide bonds. The number of pyridine rings is 1. The highest BCUT2D eigenvalue weighted by Crippen LogP contribution is 2.43. The lowest BCUT2D eigenvalue weighted by Crippen LogP contribution is -2.37. The van der Waals surface area contributed by atoms with Crippen LogP contribution in [0.5, 0.6) is 5.75 Å². The largest absolute Gasteiger partial charge is 0.431 e. The molecule has 10 heteroatoms. The van der Waals surface area contributed by atoms with Gasteiger partial charge in [-0.15, -0.1) is 0 Å². The Bertz CT molecular complexity index is 915. The summed E-state index contributed by atoms with van der Waals surface area (Å²) >= 11 is 0. The van der Waals surface area contributed by atoms with Gasteiger partial charge in [-0.25, -0.2) is 19.3 Å². The Morgan fingerprint density at radius 1 is 1.25 bits per heavy atom. The fourth-order valence-corrected chi connectivity index (χ4v) is 3.81. The summed E-state index contributed by atoms with van der Waals surface area (Å²) in [6.45, 7) is -1.68. The molecule has 0 spiro atoms. The van der Waals surface area contributed by atoms with Crippen molar-refractivity contribution in [2.24, 2.45) is 0 Å². The van der Waals surface area contributed by atoms with Crippen LogP contribution in [0, 0.1) is 0 Å². The summed E-state index contributed by atoms with van der Waals surface area (Å²) in [5.41, 5.74) is 6.54. The van der Waals surface area contributed by atoms with E-state index in [2.05, 4.69) is 24.6 Å². The monoisotopic (exact) mass is 393 g/mol. The first-order valence-electron chi connectivity index (χ1n) is 9.10. The van der Waals surface area contributed by atoms with Crippen LogP contribution < -0.4 is 15.4 Å². The predicted molar refractivity (Wildman–Crippen MR) is 94.1 cm³/mol. The minimum Gasteiger partial charge on any atom is -0.431 e. The standard InChI is InChI=1S/C18H18F3N5O2/c19-12-3-11(12)17-24-13(8-1-14(28-18(20)21)16(22)23-5-8)4-15(25-17)26-6-10-2-9(26)7-27-10/h1,4-5,9-12,18H,2-3,6-7H2,(H2,22,23)/t9-,10-,11?,12?/m0/s1. The Labute approximate surface area is 158 Å². The molecule has 3 fully saturated rings. The molecule has 148 valence electrons. The molecule has 0 aromatic carbocycles. The molecule has 2 unspecified atom stereocenters. The van der Waals surface area contributed by atoms with E-state index in [0.29, 0.717) is 42.5 Å². The number of morpholine rings is 1. The number of rotatable bonds is 5. The van der Waals surface area contributed by atoms with Crippen molar-refractivity contribution < 1.29 is 22.6 Å². The van der Waals surface area contributed by atoms with Crippen LogP contribution in [0.15, 0.2) is 18.3 Å². The van der Waals surface area contributed by atoms with E-state index in [0.717, 1.165) is 6.42 Å². The van der Waals surface area contributed by atoms with Crippen LogP contribution in [0.2, 0.25) is 0 Å². The minimum absolute atomic E-state index is 0.140. The number of alkyl halides is 3. The highest BCUT2D eigenvalue weighted by atomic mass is 19.3. The zero-order valence-corrected chi connectivity index (χ0v) is 14.8. The first kappa shape index (κ1) is 17.5. The van der Waals surface area contributed by atoms with Crippen molar-refractivity contribution in [3.63, 3.8) is 0 Å². The van der Waals surface area contributed by atoms with Crippen molar-refractivity contribution >= 4 is 11.6 Å². The maximum absolute atomic E-state index is 13.7. The lowest BCUT2D eigenvalue weighted by atomic mass is 10.1. The first-order chi connectivity index (χ1) is 13.5. The third-order valence-electron chi connectivity index (χ3n) is 5.36. The van der Waals surface area contributed by atoms with E-state index in [-0.39, 0.29) is 29.6 Å². The average molecular weight is 393 g/mol. The molecule has 2 aromatic heterocycles. The molecule has 4 heterocycles. The van der Waals surface area contributed by atoms with Crippen molar-refractivity contribution in [1.29, 1.82) is 0 Å². The summed E-state index contributed by atoms with van der Waals surface area (Å²) in [7, 11) is 0. The van der Waals surface area contributed by atoms with E-state index < -0.39 is 12.8 Å². The van der Waals surface area contributed by atoms with Crippen LogP contribution in [0.1, 0.15) is 24.6 Å². The van der Waals surface area contributed by atoms with Gasteiger partial charge < -0.3 is 20.1 Å². The van der Waals surface area contributed by atoms with Crippen LogP contribution in [-0.4, -0.2) is 53.0 Å². The summed E-state index contributed by atoms with van der Waals surface area (Å²) in [5, 5.41) is 0. The molecule has 2 saturated heterocycles. The zero-order chi connectivity index (χ0) is 19.4. The molecule has 1 saturated carbocycles. The van der Waals surface area contributed by atoms with Gasteiger partial charge in [0.25, 0.3) is 0 Å². The van der Waals surface area contributed by atoms with Crippen LogP contribution in [-0.2, 0) is 4.74 Å². The number of ether oxygens (including phenoxy) is 2. The number of nitrogen functional groups attached to an aromatic ring is 1. The van der Waals surface area contributed by atoms with Gasteiger partial charge in [-0.2, -0.15) is 8.78 Å². The topological polar surface area (TPSA) is 86.4 Å². The molecule has 28 heavy (non-hydrogen) atoms. The molecule has 4 atom stereocenters. The van der Waals surface area contributed by atoms with Gasteiger partial charge in [-0.1, -0.05) is 0 Å². The van der Waals surface area contributed by atoms with E-state index in [1.807, 2.05) is 0 Å². The third kappa shape index (κ3) is 3.11. The van der Waals surface area contributed by atoms with E-state index in [9.17, 15) is 13.2 Å². The Morgan fingerprint density at radius 3 is 2.71 bits per heavy atom. The summed E-state index contributed by atoms with van der Waals surface area (Å²) in [5.74, 6) is 0.393. The first-order valence-corrected chi connectivity index (χ1v) is 9.10. The van der Waals surface area contributed by atoms with Gasteiger partial charge in [0.05, 0.1) is 30.4 Å². The Balaban J connectivity index is 1.54. The van der Waals surface area contributed by atoms with Crippen molar-refractivity contribution in [2.75, 3.05) is 23.8 Å². The lowest BCUT2D eigenvalue weighted by molar-refractivity contribution is -0.0494. The van der Waals surface area contributed by atoms with Crippen molar-refractivity contribution in [3.8, 4) is 17.0 Å². The number of nitrogens with zero attached hydrogens (tertiary/aromatic N) is 4. The molecule has 5 rings (SSSR count). The molecule has 2 aromatic rings. The summed E-state index contributed by atoms with van der Waals surface area (Å²) < 4.78 is 49.0. The number of nitrogens with two attached hydrogens (primary N) is 1. The maximum Gasteiger partial charge on any atom is 0.387 e. The van der Waals surface area contributed by atoms with Gasteiger partial charge in [-0.3, -0.25) is 0 Å². The van der Waals surface area contributed by atoms with Gasteiger partial charge in [0.15, 0.2) is 11.6 Å². The number of halogens is 3. The second-order valence-electron chi connectivity index (χ2n) is 7.31. The van der Waals surface area contributed by atoms with Crippen molar-refractivity contribution in [3.05, 3.63) is 24.2 Å². The highest BCUT2D eigenvalue weighted by Gasteiger charge is 2.43. The van der Waals surface area contributed by atoms with Gasteiger partial charge in [-0.05, 0) is 18.9 Å². The molecule has 2 aliphatic heterocycles. The Kier molecular flexibility index (Phi) is 4.04. The molecular weight excluding hydrogens is 375 g/mol. The SMILES string of the molecule is Nc1ncc(-c2cc(N3C[C@@H]4C[C@H]3CO4)nc(C3CC3F)n2)cc1OC(F)F. The third-order valence-corrected chi connectivity index (χ3v) is 5.36. The molecule has 1 aliphatic carbocycles. The zero-order valence-electron chi connectivity index (χ0n) is 14.8. The molecule has 3 aliphatic rings. The van der Waals surface area contributed by atoms with Gasteiger partial charge in [0.2, 0.25) is 0 Å². The summed E-state index contributed by atoms with van der Waals surface area (Å²) in [6, 6.07) is 3.35. The molecule has 0 radical (unpaired) electrons. The molecular formula is C18H18F3N5O2. The number of anilines is 2. The van der Waals surface area contributed by atoms with E-state index in [1.54, 1.807) is 6.07 Å². The van der Waals surface area contributed by atoms with Crippen LogP contribution >= 0.6 is 0 Å². The van der Waals surface area contributed by atoms with Gasteiger partial charge >= 0.3 is 6.61 Å². The van der Waals surface area contributed by atoms with Crippen LogP contribution in [0.4, 0.5) is 24.8 Å².